The third-order valence-corrected chi connectivity index (χ3v) is 6.00. The maximum atomic E-state index is 13.3. The van der Waals surface area contributed by atoms with Gasteiger partial charge < -0.3 is 5.32 Å². The highest BCUT2D eigenvalue weighted by Gasteiger charge is 2.16. The molecule has 0 bridgehead atoms. The molecule has 3 aromatic carbocycles. The second kappa shape index (κ2) is 7.94. The summed E-state index contributed by atoms with van der Waals surface area (Å²) >= 11 is 0. The van der Waals surface area contributed by atoms with Crippen molar-refractivity contribution in [3.63, 3.8) is 0 Å². The highest BCUT2D eigenvalue weighted by Crippen LogP contribution is 2.27. The maximum absolute atomic E-state index is 13.3. The van der Waals surface area contributed by atoms with E-state index >= 15 is 0 Å². The van der Waals surface area contributed by atoms with E-state index < -0.39 is 10.0 Å². The number of para-hydroxylation sites is 1. The number of aryl methyl sites for hydroxylation is 2. The minimum absolute atomic E-state index is 0.0617. The summed E-state index contributed by atoms with van der Waals surface area (Å²) in [5.41, 5.74) is 4.96. The van der Waals surface area contributed by atoms with Crippen molar-refractivity contribution in [2.45, 2.75) is 18.7 Å². The Hall–Kier alpha value is -3.55. The minimum atomic E-state index is -3.88. The van der Waals surface area contributed by atoms with Gasteiger partial charge >= 0.3 is 0 Å². The number of sulfonamides is 1. The van der Waals surface area contributed by atoms with Gasteiger partial charge in [-0.3, -0.25) is 4.79 Å². The van der Waals surface area contributed by atoms with Crippen molar-refractivity contribution in [1.29, 1.82) is 0 Å². The van der Waals surface area contributed by atoms with Crippen LogP contribution in [0.1, 0.15) is 21.5 Å². The lowest BCUT2D eigenvalue weighted by Gasteiger charge is -2.13. The highest BCUT2D eigenvalue weighted by atomic mass is 32.2. The normalized spacial score (nSPS) is 11.5. The molecule has 0 aliphatic carbocycles. The number of aromatic nitrogens is 1. The van der Waals surface area contributed by atoms with Gasteiger partial charge in [-0.15, -0.1) is 0 Å². The zero-order valence-corrected chi connectivity index (χ0v) is 17.9. The number of hydrogen-bond acceptors (Lipinski definition) is 4. The van der Waals surface area contributed by atoms with Crippen LogP contribution in [-0.4, -0.2) is 19.3 Å². The van der Waals surface area contributed by atoms with Gasteiger partial charge in [-0.25, -0.2) is 18.5 Å². The van der Waals surface area contributed by atoms with Gasteiger partial charge in [0.2, 0.25) is 10.0 Å². The number of fused-ring (bicyclic) bond motifs is 1. The monoisotopic (exact) mass is 431 g/mol. The number of anilines is 1. The van der Waals surface area contributed by atoms with Gasteiger partial charge in [-0.1, -0.05) is 54.1 Å². The fourth-order valence-electron chi connectivity index (χ4n) is 3.34. The van der Waals surface area contributed by atoms with Crippen LogP contribution in [0.5, 0.6) is 0 Å². The summed E-state index contributed by atoms with van der Waals surface area (Å²) in [5, 5.41) is 8.78. The summed E-state index contributed by atoms with van der Waals surface area (Å²) in [6.07, 6.45) is 0. The number of carbonyl (C=O) groups excluding carboxylic acids is 1. The molecule has 3 N–H and O–H groups in total. The lowest BCUT2D eigenvalue weighted by molar-refractivity contribution is 0.102. The topological polar surface area (TPSA) is 102 Å². The van der Waals surface area contributed by atoms with E-state index in [0.717, 1.165) is 16.7 Å². The second-order valence-corrected chi connectivity index (χ2v) is 8.98. The molecule has 0 saturated heterocycles. The average Bonchev–Trinajstić information content (AvgIpc) is 2.74. The standard InChI is InChI=1S/C24H21N3O3S/c1-15-7-10-17(11-8-15)23-14-20(19-5-3-4-6-21(19)26-23)24(28)27-22-13-18(31(25,29)30)12-9-16(22)2/h3-14H,1-2H3,(H,27,28)(H2,25,29,30). The molecule has 0 aliphatic heterocycles. The number of primary sulfonamides is 1. The van der Waals surface area contributed by atoms with Crippen LogP contribution >= 0.6 is 0 Å². The van der Waals surface area contributed by atoms with Crippen LogP contribution in [0.3, 0.4) is 0 Å². The average molecular weight is 432 g/mol. The van der Waals surface area contributed by atoms with Crippen LogP contribution < -0.4 is 10.5 Å². The van der Waals surface area contributed by atoms with Crippen molar-refractivity contribution < 1.29 is 13.2 Å². The number of benzene rings is 3. The molecular formula is C24H21N3O3S. The van der Waals surface area contributed by atoms with Crippen LogP contribution in [0, 0.1) is 13.8 Å². The largest absolute Gasteiger partial charge is 0.322 e. The molecule has 31 heavy (non-hydrogen) atoms. The summed E-state index contributed by atoms with van der Waals surface area (Å²) in [6, 6.07) is 21.5. The first-order chi connectivity index (χ1) is 14.7. The number of hydrogen-bond donors (Lipinski definition) is 2. The van der Waals surface area contributed by atoms with Gasteiger partial charge in [0.15, 0.2) is 0 Å². The Bertz CT molecular complexity index is 1410. The summed E-state index contributed by atoms with van der Waals surface area (Å²) in [5.74, 6) is -0.360. The molecule has 156 valence electrons. The van der Waals surface area contributed by atoms with Crippen molar-refractivity contribution in [2.24, 2.45) is 5.14 Å². The Morgan fingerprint density at radius 2 is 1.65 bits per heavy atom. The second-order valence-electron chi connectivity index (χ2n) is 7.41. The Kier molecular flexibility index (Phi) is 5.31. The number of pyridine rings is 1. The van der Waals surface area contributed by atoms with Gasteiger partial charge in [-0.2, -0.15) is 0 Å². The molecule has 7 heteroatoms. The van der Waals surface area contributed by atoms with Crippen molar-refractivity contribution >= 4 is 32.5 Å². The molecule has 0 radical (unpaired) electrons. The van der Waals surface area contributed by atoms with Gasteiger partial charge in [0, 0.05) is 16.6 Å². The van der Waals surface area contributed by atoms with Crippen LogP contribution in [0.25, 0.3) is 22.2 Å². The van der Waals surface area contributed by atoms with Gasteiger partial charge in [0.25, 0.3) is 5.91 Å². The Morgan fingerprint density at radius 3 is 2.35 bits per heavy atom. The van der Waals surface area contributed by atoms with Gasteiger partial charge in [0.1, 0.15) is 0 Å². The molecule has 1 aromatic heterocycles. The Balaban J connectivity index is 1.80. The number of nitrogens with two attached hydrogens (primary N) is 1. The molecular weight excluding hydrogens is 410 g/mol. The van der Waals surface area contributed by atoms with Crippen LogP contribution in [0.4, 0.5) is 5.69 Å². The smallest absolute Gasteiger partial charge is 0.256 e. The first-order valence-electron chi connectivity index (χ1n) is 9.64. The van der Waals surface area contributed by atoms with E-state index in [1.807, 2.05) is 55.5 Å². The molecule has 1 amide bonds. The Morgan fingerprint density at radius 1 is 0.935 bits per heavy atom. The molecule has 0 fully saturated rings. The predicted molar refractivity (Wildman–Crippen MR) is 122 cm³/mol. The van der Waals surface area contributed by atoms with Crippen molar-refractivity contribution in [1.82, 2.24) is 4.98 Å². The van der Waals surface area contributed by atoms with Crippen molar-refractivity contribution in [3.8, 4) is 11.3 Å². The lowest BCUT2D eigenvalue weighted by Crippen LogP contribution is -2.16. The van der Waals surface area contributed by atoms with Crippen LogP contribution in [-0.2, 0) is 10.0 Å². The first kappa shape index (κ1) is 20.7. The van der Waals surface area contributed by atoms with E-state index in [-0.39, 0.29) is 10.8 Å². The molecule has 6 nitrogen and oxygen atoms in total. The summed E-state index contributed by atoms with van der Waals surface area (Å²) in [6.45, 7) is 3.79. The predicted octanol–water partition coefficient (Wildman–Crippen LogP) is 4.42. The molecule has 0 saturated carbocycles. The lowest BCUT2D eigenvalue weighted by atomic mass is 10.0. The SMILES string of the molecule is Cc1ccc(-c2cc(C(=O)Nc3cc(S(N)(=O)=O)ccc3C)c3ccccc3n2)cc1. The molecule has 0 atom stereocenters. The van der Waals surface area contributed by atoms with Crippen molar-refractivity contribution in [2.75, 3.05) is 5.32 Å². The molecule has 0 unspecified atom stereocenters. The molecule has 0 aliphatic rings. The number of nitrogens with one attached hydrogen (secondary N) is 1. The molecule has 4 aromatic rings. The number of amides is 1. The summed E-state index contributed by atoms with van der Waals surface area (Å²) in [4.78, 5) is 17.9. The zero-order valence-electron chi connectivity index (χ0n) is 17.1. The fraction of sp³-hybridized carbons (Fsp3) is 0.0833. The third kappa shape index (κ3) is 4.33. The summed E-state index contributed by atoms with van der Waals surface area (Å²) in [7, 11) is -3.88. The number of rotatable bonds is 4. The van der Waals surface area contributed by atoms with E-state index in [4.69, 9.17) is 10.1 Å². The van der Waals surface area contributed by atoms with Crippen LogP contribution in [0.15, 0.2) is 77.7 Å². The third-order valence-electron chi connectivity index (χ3n) is 5.09. The first-order valence-corrected chi connectivity index (χ1v) is 11.2. The highest BCUT2D eigenvalue weighted by molar-refractivity contribution is 7.89. The van der Waals surface area contributed by atoms with E-state index in [9.17, 15) is 13.2 Å². The fourth-order valence-corrected chi connectivity index (χ4v) is 3.88. The Labute approximate surface area is 180 Å². The van der Waals surface area contributed by atoms with Gasteiger partial charge in [-0.05, 0) is 43.7 Å². The van der Waals surface area contributed by atoms with Crippen LogP contribution in [0.2, 0.25) is 0 Å². The molecule has 1 heterocycles. The summed E-state index contributed by atoms with van der Waals surface area (Å²) < 4.78 is 23.4. The van der Waals surface area contributed by atoms with E-state index in [0.29, 0.717) is 27.8 Å². The maximum Gasteiger partial charge on any atom is 0.256 e. The molecule has 4 rings (SSSR count). The molecule has 0 spiro atoms. The van der Waals surface area contributed by atoms with E-state index in [1.54, 1.807) is 19.1 Å². The van der Waals surface area contributed by atoms with E-state index in [2.05, 4.69) is 5.32 Å². The number of carbonyl (C=O) groups is 1. The minimum Gasteiger partial charge on any atom is -0.322 e. The quantitative estimate of drug-likeness (QED) is 0.499. The van der Waals surface area contributed by atoms with Gasteiger partial charge in [0.05, 0.1) is 21.7 Å². The number of nitrogens with zero attached hydrogens (tertiary/aromatic N) is 1. The van der Waals surface area contributed by atoms with E-state index in [1.165, 1.54) is 12.1 Å². The zero-order chi connectivity index (χ0) is 22.2. The van der Waals surface area contributed by atoms with Crippen molar-refractivity contribution in [3.05, 3.63) is 89.5 Å².